The van der Waals surface area contributed by atoms with Crippen molar-refractivity contribution >= 4 is 8.38 Å². The van der Waals surface area contributed by atoms with Gasteiger partial charge in [0, 0.05) is 6.20 Å². The van der Waals surface area contributed by atoms with Gasteiger partial charge >= 0.3 is 0 Å². The summed E-state index contributed by atoms with van der Waals surface area (Å²) in [7, 11) is -1.35. The molecule has 0 saturated heterocycles. The monoisotopic (exact) mass is 362 g/mol. The van der Waals surface area contributed by atoms with E-state index in [4.69, 9.17) is 9.05 Å². The summed E-state index contributed by atoms with van der Waals surface area (Å²) >= 11 is 0. The fourth-order valence-electron chi connectivity index (χ4n) is 2.39. The van der Waals surface area contributed by atoms with E-state index < -0.39 is 14.3 Å². The van der Waals surface area contributed by atoms with Crippen LogP contribution in [0.25, 0.3) is 0 Å². The van der Waals surface area contributed by atoms with Crippen molar-refractivity contribution in [2.75, 3.05) is 6.16 Å². The van der Waals surface area contributed by atoms with Gasteiger partial charge in [-0.05, 0) is 48.9 Å². The predicted octanol–water partition coefficient (Wildman–Crippen LogP) is 5.47. The van der Waals surface area contributed by atoms with Crippen molar-refractivity contribution in [3.05, 3.63) is 90.3 Å². The summed E-state index contributed by atoms with van der Waals surface area (Å²) in [6.07, 6.45) is 2.17. The summed E-state index contributed by atoms with van der Waals surface area (Å²) in [6.45, 7) is 1.99. The molecule has 0 radical (unpaired) electrons. The van der Waals surface area contributed by atoms with E-state index in [0.717, 1.165) is 22.8 Å². The van der Waals surface area contributed by atoms with E-state index in [2.05, 4.69) is 11.1 Å². The molecule has 0 amide bonds. The number of nitriles is 1. The molecule has 5 heteroatoms. The SMILES string of the molecule is Cc1ccnc(C(C#N)CP(Oc2ccccc2)Oc2ccccc2)c1. The van der Waals surface area contributed by atoms with E-state index in [0.29, 0.717) is 6.16 Å². The van der Waals surface area contributed by atoms with Gasteiger partial charge in [0.15, 0.2) is 0 Å². The molecule has 0 saturated carbocycles. The van der Waals surface area contributed by atoms with Gasteiger partial charge < -0.3 is 9.05 Å². The molecule has 1 aromatic heterocycles. The van der Waals surface area contributed by atoms with E-state index >= 15 is 0 Å². The average molecular weight is 362 g/mol. The summed E-state index contributed by atoms with van der Waals surface area (Å²) in [5.41, 5.74) is 1.82. The van der Waals surface area contributed by atoms with Gasteiger partial charge in [0.05, 0.1) is 23.8 Å². The lowest BCUT2D eigenvalue weighted by Crippen LogP contribution is -2.09. The van der Waals surface area contributed by atoms with E-state index in [1.54, 1.807) is 6.20 Å². The Morgan fingerprint density at radius 1 is 0.962 bits per heavy atom. The van der Waals surface area contributed by atoms with E-state index in [1.807, 2.05) is 79.7 Å². The summed E-state index contributed by atoms with van der Waals surface area (Å²) < 4.78 is 12.1. The minimum Gasteiger partial charge on any atom is -0.439 e. The third kappa shape index (κ3) is 5.05. The zero-order chi connectivity index (χ0) is 18.2. The van der Waals surface area contributed by atoms with E-state index in [9.17, 15) is 5.26 Å². The second-order valence-corrected chi connectivity index (χ2v) is 7.16. The Morgan fingerprint density at radius 3 is 2.04 bits per heavy atom. The number of rotatable bonds is 7. The Hall–Kier alpha value is -2.89. The number of aromatic nitrogens is 1. The molecule has 0 bridgehead atoms. The van der Waals surface area contributed by atoms with E-state index in [-0.39, 0.29) is 0 Å². The Bertz CT molecular complexity index is 824. The zero-order valence-corrected chi connectivity index (χ0v) is 15.3. The Balaban J connectivity index is 1.80. The molecular formula is C21H19N2O2P. The molecule has 1 atom stereocenters. The number of pyridine rings is 1. The molecule has 3 aromatic rings. The fraction of sp³-hybridized carbons (Fsp3) is 0.143. The van der Waals surface area contributed by atoms with Crippen molar-refractivity contribution in [2.45, 2.75) is 12.8 Å². The maximum atomic E-state index is 9.66. The lowest BCUT2D eigenvalue weighted by Gasteiger charge is -2.20. The highest BCUT2D eigenvalue weighted by Gasteiger charge is 2.24. The van der Waals surface area contributed by atoms with Crippen LogP contribution in [-0.2, 0) is 0 Å². The van der Waals surface area contributed by atoms with Crippen molar-refractivity contribution in [2.24, 2.45) is 0 Å². The van der Waals surface area contributed by atoms with Gasteiger partial charge in [-0.3, -0.25) is 4.98 Å². The Labute approximate surface area is 155 Å². The van der Waals surface area contributed by atoms with Crippen LogP contribution in [0, 0.1) is 18.3 Å². The van der Waals surface area contributed by atoms with Gasteiger partial charge in [0.1, 0.15) is 11.5 Å². The maximum absolute atomic E-state index is 9.66. The third-order valence-electron chi connectivity index (χ3n) is 3.68. The highest BCUT2D eigenvalue weighted by Crippen LogP contribution is 2.43. The first kappa shape index (κ1) is 17.9. The molecule has 0 fully saturated rings. The van der Waals surface area contributed by atoms with Crippen LogP contribution < -0.4 is 9.05 Å². The maximum Gasteiger partial charge on any atom is 0.292 e. The van der Waals surface area contributed by atoms with Gasteiger partial charge in [-0.2, -0.15) is 5.26 Å². The molecule has 130 valence electrons. The number of hydrogen-bond acceptors (Lipinski definition) is 4. The van der Waals surface area contributed by atoms with Crippen molar-refractivity contribution in [1.29, 1.82) is 5.26 Å². The molecule has 0 N–H and O–H groups in total. The fourth-order valence-corrected chi connectivity index (χ4v) is 3.86. The molecule has 2 aromatic carbocycles. The first-order valence-electron chi connectivity index (χ1n) is 8.30. The summed E-state index contributed by atoms with van der Waals surface area (Å²) in [5.74, 6) is 1.06. The number of hydrogen-bond donors (Lipinski definition) is 0. The molecule has 4 nitrogen and oxygen atoms in total. The minimum absolute atomic E-state index is 0.395. The standard InChI is InChI=1S/C21H19N2O2P/c1-17-12-13-23-21(14-17)18(15-22)16-26(24-19-8-4-2-5-9-19)25-20-10-6-3-7-11-20/h2-14,18H,16H2,1H3. The molecule has 0 aliphatic carbocycles. The average Bonchev–Trinajstić information content (AvgIpc) is 2.67. The largest absolute Gasteiger partial charge is 0.439 e. The van der Waals surface area contributed by atoms with Gasteiger partial charge in [0.25, 0.3) is 8.38 Å². The molecule has 0 spiro atoms. The van der Waals surface area contributed by atoms with Gasteiger partial charge in [-0.1, -0.05) is 36.4 Å². The van der Waals surface area contributed by atoms with Crippen molar-refractivity contribution in [3.8, 4) is 17.6 Å². The predicted molar refractivity (Wildman–Crippen MR) is 103 cm³/mol. The number of aryl methyl sites for hydroxylation is 1. The first-order valence-corrected chi connectivity index (χ1v) is 9.66. The van der Waals surface area contributed by atoms with Gasteiger partial charge in [-0.15, -0.1) is 0 Å². The Kier molecular flexibility index (Phi) is 6.19. The van der Waals surface area contributed by atoms with Crippen LogP contribution in [-0.4, -0.2) is 11.1 Å². The normalized spacial score (nSPS) is 11.6. The second-order valence-electron chi connectivity index (χ2n) is 5.76. The number of para-hydroxylation sites is 2. The van der Waals surface area contributed by atoms with Crippen LogP contribution in [0.15, 0.2) is 79.0 Å². The molecule has 1 unspecified atom stereocenters. The van der Waals surface area contributed by atoms with Gasteiger partial charge in [0.2, 0.25) is 0 Å². The second kappa shape index (κ2) is 8.99. The highest BCUT2D eigenvalue weighted by molar-refractivity contribution is 7.48. The zero-order valence-electron chi connectivity index (χ0n) is 14.4. The van der Waals surface area contributed by atoms with Crippen LogP contribution in [0.2, 0.25) is 0 Å². The smallest absolute Gasteiger partial charge is 0.292 e. The van der Waals surface area contributed by atoms with Crippen molar-refractivity contribution < 1.29 is 9.05 Å². The topological polar surface area (TPSA) is 55.1 Å². The number of benzene rings is 2. The summed E-state index contributed by atoms with van der Waals surface area (Å²) in [5, 5.41) is 9.66. The van der Waals surface area contributed by atoms with Crippen molar-refractivity contribution in [3.63, 3.8) is 0 Å². The van der Waals surface area contributed by atoms with Crippen LogP contribution in [0.1, 0.15) is 17.2 Å². The molecule has 26 heavy (non-hydrogen) atoms. The first-order chi connectivity index (χ1) is 12.7. The van der Waals surface area contributed by atoms with Crippen LogP contribution in [0.4, 0.5) is 0 Å². The lowest BCUT2D eigenvalue weighted by atomic mass is 10.1. The third-order valence-corrected chi connectivity index (χ3v) is 5.17. The summed E-state index contributed by atoms with van der Waals surface area (Å²) in [6, 6.07) is 25.2. The van der Waals surface area contributed by atoms with E-state index in [1.165, 1.54) is 0 Å². The molecular weight excluding hydrogens is 343 g/mol. The Morgan fingerprint density at radius 2 is 1.54 bits per heavy atom. The van der Waals surface area contributed by atoms with Crippen LogP contribution >= 0.6 is 8.38 Å². The van der Waals surface area contributed by atoms with Crippen LogP contribution in [0.5, 0.6) is 11.5 Å². The number of nitrogens with zero attached hydrogens (tertiary/aromatic N) is 2. The minimum atomic E-state index is -1.35. The van der Waals surface area contributed by atoms with Crippen molar-refractivity contribution in [1.82, 2.24) is 4.98 Å². The lowest BCUT2D eigenvalue weighted by molar-refractivity contribution is 0.486. The molecule has 3 rings (SSSR count). The molecule has 1 heterocycles. The van der Waals surface area contributed by atoms with Gasteiger partial charge in [-0.25, -0.2) is 0 Å². The highest BCUT2D eigenvalue weighted by atomic mass is 31.2. The summed E-state index contributed by atoms with van der Waals surface area (Å²) in [4.78, 5) is 4.35. The van der Waals surface area contributed by atoms with Crippen LogP contribution in [0.3, 0.4) is 0 Å². The quantitative estimate of drug-likeness (QED) is 0.523. The molecule has 0 aliphatic rings. The molecule has 0 aliphatic heterocycles.